The Morgan fingerprint density at radius 2 is 1.76 bits per heavy atom. The molecule has 3 saturated heterocycles. The third kappa shape index (κ3) is 12.2. The van der Waals surface area contributed by atoms with Crippen molar-refractivity contribution in [3.8, 4) is 45.3 Å². The molecule has 428 valence electrons. The molecule has 5 atom stereocenters. The number of ether oxygens (including phenoxy) is 2. The Labute approximate surface area is 481 Å². The van der Waals surface area contributed by atoms with Gasteiger partial charge >= 0.3 is 6.01 Å². The molecule has 3 aromatic heterocycles. The summed E-state index contributed by atoms with van der Waals surface area (Å²) in [6.45, 7) is 13.5. The van der Waals surface area contributed by atoms with Gasteiger partial charge in [0.2, 0.25) is 11.8 Å². The van der Waals surface area contributed by atoms with E-state index in [1.54, 1.807) is 52.6 Å². The number of piperidine rings is 1. The van der Waals surface area contributed by atoms with Gasteiger partial charge in [-0.25, -0.2) is 13.8 Å². The first-order chi connectivity index (χ1) is 39.5. The minimum Gasteiger partial charge on any atom is -0.508 e. The number of β-amino-alcohol motifs (C(OH)–C–C–N with tert-alkyl or cyclic N) is 1. The van der Waals surface area contributed by atoms with E-state index in [1.165, 1.54) is 15.9 Å². The van der Waals surface area contributed by atoms with E-state index in [2.05, 4.69) is 38.0 Å². The molecule has 18 nitrogen and oxygen atoms in total. The van der Waals surface area contributed by atoms with Gasteiger partial charge in [-0.3, -0.25) is 19.3 Å². The minimum absolute atomic E-state index is 0.00458. The smallest absolute Gasteiger partial charge is 0.319 e. The maximum absolute atomic E-state index is 17.3. The van der Waals surface area contributed by atoms with Gasteiger partial charge in [-0.15, -0.1) is 11.3 Å². The van der Waals surface area contributed by atoms with Crippen LogP contribution in [0.15, 0.2) is 95.2 Å². The number of likely N-dealkylation sites (tertiary alicyclic amines) is 2. The van der Waals surface area contributed by atoms with Crippen molar-refractivity contribution in [3.05, 3.63) is 119 Å². The van der Waals surface area contributed by atoms with Gasteiger partial charge in [-0.05, 0) is 102 Å². The number of hydrogen-bond donors (Lipinski definition) is 3. The van der Waals surface area contributed by atoms with Crippen LogP contribution in [-0.4, -0.2) is 140 Å². The molecule has 82 heavy (non-hydrogen) atoms. The van der Waals surface area contributed by atoms with E-state index in [9.17, 15) is 34.2 Å². The molecule has 7 aromatic rings. The molecule has 3 aliphatic rings. The van der Waals surface area contributed by atoms with Crippen LogP contribution in [0.25, 0.3) is 43.2 Å². The fraction of sp³-hybridized carbons (Fsp3) is 0.400. The van der Waals surface area contributed by atoms with E-state index >= 15 is 4.39 Å². The number of carbonyl (C=O) groups is 3. The molecule has 6 heterocycles. The number of phenols is 1. The number of carbonyl (C=O) groups excluding carboxylic acids is 3. The van der Waals surface area contributed by atoms with Crippen LogP contribution >= 0.6 is 22.9 Å². The summed E-state index contributed by atoms with van der Waals surface area (Å²) in [5.41, 5.74) is 4.98. The predicted octanol–water partition coefficient (Wildman–Crippen LogP) is 9.53. The molecule has 0 unspecified atom stereocenters. The van der Waals surface area contributed by atoms with Gasteiger partial charge in [0.15, 0.2) is 17.4 Å². The normalized spacial score (nSPS) is 18.7. The van der Waals surface area contributed by atoms with Crippen molar-refractivity contribution in [2.24, 2.45) is 11.8 Å². The van der Waals surface area contributed by atoms with E-state index in [0.717, 1.165) is 34.5 Å². The number of nitrogens with one attached hydrogen (secondary N) is 1. The predicted molar refractivity (Wildman–Crippen MR) is 307 cm³/mol. The number of rotatable bonds is 18. The molecule has 10 rings (SSSR count). The number of nitriles is 1. The van der Waals surface area contributed by atoms with Crippen molar-refractivity contribution in [1.29, 1.82) is 5.26 Å². The maximum atomic E-state index is 17.3. The number of amides is 3. The minimum atomic E-state index is -1.14. The molecule has 0 radical (unpaired) electrons. The zero-order valence-corrected chi connectivity index (χ0v) is 47.4. The third-order valence-corrected chi connectivity index (χ3v) is 17.0. The summed E-state index contributed by atoms with van der Waals surface area (Å²) in [5, 5.41) is 40.0. The second kappa shape index (κ2) is 24.8. The summed E-state index contributed by atoms with van der Waals surface area (Å²) in [5.74, 6) is -3.67. The number of aliphatic hydroxyl groups is 1. The molecule has 0 spiro atoms. The molecule has 0 saturated carbocycles. The van der Waals surface area contributed by atoms with Crippen LogP contribution < -0.4 is 19.7 Å². The average molecular weight is 1160 g/mol. The first-order valence-corrected chi connectivity index (χ1v) is 28.6. The number of piperazine rings is 1. The monoisotopic (exact) mass is 1160 g/mol. The highest BCUT2D eigenvalue weighted by Gasteiger charge is 2.44. The van der Waals surface area contributed by atoms with Crippen molar-refractivity contribution in [2.45, 2.75) is 83.5 Å². The number of benzene rings is 4. The number of anilines is 1. The Balaban J connectivity index is 0.767. The highest BCUT2D eigenvalue weighted by atomic mass is 35.5. The first kappa shape index (κ1) is 57.5. The van der Waals surface area contributed by atoms with Crippen LogP contribution in [0.5, 0.6) is 17.6 Å². The molecule has 22 heteroatoms. The number of thiazole rings is 1. The number of phenolic OH excluding ortho intramolecular Hbond substituents is 1. The summed E-state index contributed by atoms with van der Waals surface area (Å²) in [6, 6.07) is 21.4. The van der Waals surface area contributed by atoms with Crippen LogP contribution in [0.3, 0.4) is 0 Å². The number of aryl methyl sites for hydroxylation is 1. The zero-order valence-electron chi connectivity index (χ0n) is 45.9. The molecule has 0 bridgehead atoms. The molecular formula is C60H63ClF2N10O8S. The van der Waals surface area contributed by atoms with E-state index in [-0.39, 0.29) is 120 Å². The lowest BCUT2D eigenvalue weighted by atomic mass is 9.91. The van der Waals surface area contributed by atoms with E-state index < -0.39 is 41.7 Å². The Bertz CT molecular complexity index is 3570. The van der Waals surface area contributed by atoms with Crippen molar-refractivity contribution in [1.82, 2.24) is 40.1 Å². The number of nitrogens with zero attached hydrogens (tertiary/aromatic N) is 9. The van der Waals surface area contributed by atoms with E-state index in [1.807, 2.05) is 63.5 Å². The van der Waals surface area contributed by atoms with E-state index in [0.29, 0.717) is 48.3 Å². The molecule has 3 aliphatic heterocycles. The second-order valence-corrected chi connectivity index (χ2v) is 22.9. The number of aromatic nitrogens is 4. The quantitative estimate of drug-likeness (QED) is 0.0681. The number of hydrogen-bond acceptors (Lipinski definition) is 16. The molecule has 3 amide bonds. The van der Waals surface area contributed by atoms with Gasteiger partial charge in [0.25, 0.3) is 11.8 Å². The van der Waals surface area contributed by atoms with Crippen LogP contribution in [0.4, 0.5) is 14.6 Å². The van der Waals surface area contributed by atoms with Gasteiger partial charge in [0, 0.05) is 56.2 Å². The first-order valence-electron chi connectivity index (χ1n) is 27.4. The summed E-state index contributed by atoms with van der Waals surface area (Å²) in [7, 11) is 0. The Morgan fingerprint density at radius 3 is 2.48 bits per heavy atom. The number of aromatic hydroxyl groups is 1. The summed E-state index contributed by atoms with van der Waals surface area (Å²) in [6.07, 6.45) is 0.699. The highest BCUT2D eigenvalue weighted by molar-refractivity contribution is 7.13. The SMILES string of the molecule is C=C(F)C(=O)N1CCN(c2nc(OCCN3CCC(COc4cc([C@H](C(=O)N5C[C@H](O)C[C@H]5C(=O)N[C@@H](C)c5ccc(-c6scnc6C)cc5)C(C)C)on4)CC3)nc3c(F)c(-c4cc(O)cc5ccccc45)c(Cl)cc23)C[C@@H]1CC#N. The number of halogens is 3. The Hall–Kier alpha value is -7.77. The topological polar surface area (TPSA) is 224 Å². The third-order valence-electron chi connectivity index (χ3n) is 15.8. The fourth-order valence-corrected chi connectivity index (χ4v) is 12.5. The lowest BCUT2D eigenvalue weighted by Gasteiger charge is -2.41. The van der Waals surface area contributed by atoms with Gasteiger partial charge in [0.1, 0.15) is 35.7 Å². The van der Waals surface area contributed by atoms with Crippen molar-refractivity contribution in [2.75, 3.05) is 63.9 Å². The van der Waals surface area contributed by atoms with Crippen LogP contribution in [0.1, 0.15) is 75.4 Å². The van der Waals surface area contributed by atoms with Crippen molar-refractivity contribution >= 4 is 68.2 Å². The average Bonchev–Trinajstić information content (AvgIpc) is 2.08. The number of aliphatic hydroxyl groups excluding tert-OH is 1. The fourth-order valence-electron chi connectivity index (χ4n) is 11.4. The van der Waals surface area contributed by atoms with Gasteiger partial charge in [0.05, 0.1) is 58.4 Å². The lowest BCUT2D eigenvalue weighted by molar-refractivity contribution is -0.141. The Morgan fingerprint density at radius 1 is 0.988 bits per heavy atom. The lowest BCUT2D eigenvalue weighted by Crippen LogP contribution is -2.55. The van der Waals surface area contributed by atoms with Crippen molar-refractivity contribution in [3.63, 3.8) is 0 Å². The molecule has 0 aliphatic carbocycles. The van der Waals surface area contributed by atoms with Gasteiger partial charge < -0.3 is 44.2 Å². The van der Waals surface area contributed by atoms with Gasteiger partial charge in [-0.2, -0.15) is 15.2 Å². The summed E-state index contributed by atoms with van der Waals surface area (Å²) >= 11 is 8.51. The van der Waals surface area contributed by atoms with Crippen LogP contribution in [0.2, 0.25) is 5.02 Å². The standard InChI is InChI=1S/C60H63ClF2N10O8S/c1-33(2)51(59(78)73-30-43(75)26-48(73)57(76)66-35(4)38-10-12-39(13-11-38)55-36(5)65-32-82-55)49-28-50(69-81-49)80-31-37-15-18-70(19-16-37)22-23-79-60-67-54-46(56(68-60)71-20-21-72(58(77)34(3)62)41(29-71)14-17-64)27-47(61)52(53(54)63)45-25-42(74)24-40-8-6-7-9-44(40)45/h6-13,24-25,27-28,32-33,35,37,41,43,48,51,74-75H,3,14-16,18-23,26,29-31H2,1-2,4-5H3,(H,66,76)/t35-,41-,43+,48-,51+/m0/s1. The molecular weight excluding hydrogens is 1090 g/mol. The number of fused-ring (bicyclic) bond motifs is 2. The highest BCUT2D eigenvalue weighted by Crippen LogP contribution is 2.43. The molecule has 3 N–H and O–H groups in total. The zero-order chi connectivity index (χ0) is 57.9. The summed E-state index contributed by atoms with van der Waals surface area (Å²) in [4.78, 5) is 62.4. The molecule has 4 aromatic carbocycles. The largest absolute Gasteiger partial charge is 0.508 e. The Kier molecular flexibility index (Phi) is 17.3. The maximum Gasteiger partial charge on any atom is 0.319 e. The van der Waals surface area contributed by atoms with Crippen LogP contribution in [-0.2, 0) is 14.4 Å². The second-order valence-electron chi connectivity index (χ2n) is 21.6. The van der Waals surface area contributed by atoms with Crippen molar-refractivity contribution < 1.29 is 47.4 Å². The summed E-state index contributed by atoms with van der Waals surface area (Å²) < 4.78 is 49.5. The van der Waals surface area contributed by atoms with Crippen LogP contribution in [0, 0.1) is 35.9 Å². The van der Waals surface area contributed by atoms with E-state index in [4.69, 9.17) is 30.6 Å². The molecule has 3 fully saturated rings. The van der Waals surface area contributed by atoms with Gasteiger partial charge in [-0.1, -0.05) is 80.6 Å².